The largest absolute Gasteiger partial charge is 0.435 e. The van der Waals surface area contributed by atoms with E-state index in [4.69, 9.17) is 5.11 Å². The van der Waals surface area contributed by atoms with E-state index in [0.717, 1.165) is 16.8 Å². The van der Waals surface area contributed by atoms with E-state index >= 15 is 0 Å². The van der Waals surface area contributed by atoms with E-state index in [1.165, 1.54) is 12.3 Å². The Morgan fingerprint density at radius 2 is 1.88 bits per heavy atom. The molecule has 0 aliphatic heterocycles. The highest BCUT2D eigenvalue weighted by atomic mass is 19.4. The molecule has 3 aromatic rings. The molecule has 32 heavy (non-hydrogen) atoms. The second-order valence-electron chi connectivity index (χ2n) is 6.42. The molecule has 0 saturated heterocycles. The smallest absolute Gasteiger partial charge is 0.395 e. The zero-order chi connectivity index (χ0) is 23.3. The number of aliphatic hydroxyl groups excluding tert-OH is 1. The van der Waals surface area contributed by atoms with Gasteiger partial charge in [-0.25, -0.2) is 23.2 Å². The van der Waals surface area contributed by atoms with Crippen molar-refractivity contribution in [2.24, 2.45) is 0 Å². The van der Waals surface area contributed by atoms with E-state index < -0.39 is 36.1 Å². The third kappa shape index (κ3) is 5.69. The zero-order valence-corrected chi connectivity index (χ0v) is 16.2. The minimum atomic E-state index is -4.78. The van der Waals surface area contributed by atoms with Crippen LogP contribution in [0.2, 0.25) is 0 Å². The standard InChI is InChI=1S/C19H17F5N6O2/c20-14-3-2-12(7-15(14)21)30-13(8-16(29-30)19(22,23)24)10-27-18(32)28-11-1-4-17(26-9-11)25-5-6-31/h1-4,7-9,31H,5-6,10H2,(H,25,26)(H2,27,28,32). The number of urea groups is 1. The van der Waals surface area contributed by atoms with Crippen LogP contribution in [0.15, 0.2) is 42.6 Å². The van der Waals surface area contributed by atoms with Gasteiger partial charge >= 0.3 is 12.2 Å². The predicted molar refractivity (Wildman–Crippen MR) is 104 cm³/mol. The summed E-state index contributed by atoms with van der Waals surface area (Å²) in [6.07, 6.45) is -3.44. The third-order valence-electron chi connectivity index (χ3n) is 4.09. The highest BCUT2D eigenvalue weighted by Gasteiger charge is 2.35. The van der Waals surface area contributed by atoms with Crippen molar-refractivity contribution in [3.8, 4) is 5.69 Å². The minimum Gasteiger partial charge on any atom is -0.395 e. The summed E-state index contributed by atoms with van der Waals surface area (Å²) >= 11 is 0. The highest BCUT2D eigenvalue weighted by molar-refractivity contribution is 5.89. The molecule has 0 aliphatic rings. The lowest BCUT2D eigenvalue weighted by Crippen LogP contribution is -2.29. The van der Waals surface area contributed by atoms with Crippen LogP contribution in [0.25, 0.3) is 5.69 Å². The average Bonchev–Trinajstić information content (AvgIpc) is 3.19. The molecule has 2 aromatic heterocycles. The van der Waals surface area contributed by atoms with Crippen LogP contribution >= 0.6 is 0 Å². The Kier molecular flexibility index (Phi) is 6.88. The van der Waals surface area contributed by atoms with Gasteiger partial charge in [-0.1, -0.05) is 0 Å². The van der Waals surface area contributed by atoms with Gasteiger partial charge < -0.3 is 21.1 Å². The molecule has 0 atom stereocenters. The molecule has 0 aliphatic carbocycles. The van der Waals surface area contributed by atoms with Gasteiger partial charge in [-0.2, -0.15) is 18.3 Å². The van der Waals surface area contributed by atoms with Crippen molar-refractivity contribution in [1.29, 1.82) is 0 Å². The number of nitrogens with zero attached hydrogens (tertiary/aromatic N) is 3. The summed E-state index contributed by atoms with van der Waals surface area (Å²) in [4.78, 5) is 16.1. The van der Waals surface area contributed by atoms with Crippen LogP contribution in [0.5, 0.6) is 0 Å². The molecular weight excluding hydrogens is 439 g/mol. The van der Waals surface area contributed by atoms with E-state index in [2.05, 4.69) is 26.0 Å². The SMILES string of the molecule is O=C(NCc1cc(C(F)(F)F)nn1-c1ccc(F)c(F)c1)Nc1ccc(NCCO)nc1. The molecule has 8 nitrogen and oxygen atoms in total. The van der Waals surface area contributed by atoms with Gasteiger partial charge in [0.25, 0.3) is 0 Å². The number of aliphatic hydroxyl groups is 1. The fourth-order valence-electron chi connectivity index (χ4n) is 2.63. The maximum atomic E-state index is 13.5. The van der Waals surface area contributed by atoms with Crippen molar-refractivity contribution in [2.75, 3.05) is 23.8 Å². The maximum absolute atomic E-state index is 13.5. The summed E-state index contributed by atoms with van der Waals surface area (Å²) in [6.45, 7) is -0.176. The quantitative estimate of drug-likeness (QED) is 0.409. The van der Waals surface area contributed by atoms with Crippen molar-refractivity contribution in [2.45, 2.75) is 12.7 Å². The van der Waals surface area contributed by atoms with Crippen molar-refractivity contribution in [3.63, 3.8) is 0 Å². The molecule has 2 heterocycles. The fraction of sp³-hybridized carbons (Fsp3) is 0.211. The van der Waals surface area contributed by atoms with Crippen LogP contribution in [0.4, 0.5) is 38.3 Å². The molecule has 0 saturated carbocycles. The molecule has 13 heteroatoms. The summed E-state index contributed by atoms with van der Waals surface area (Å²) in [5, 5.41) is 19.8. The fourth-order valence-corrected chi connectivity index (χ4v) is 2.63. The number of anilines is 2. The number of pyridine rings is 1. The Labute approximate surface area is 178 Å². The number of benzene rings is 1. The molecule has 0 bridgehead atoms. The molecule has 0 unspecified atom stereocenters. The summed E-state index contributed by atoms with van der Waals surface area (Å²) in [7, 11) is 0. The molecule has 1 aromatic carbocycles. The van der Waals surface area contributed by atoms with Gasteiger partial charge in [0, 0.05) is 12.6 Å². The van der Waals surface area contributed by atoms with Crippen molar-refractivity contribution in [3.05, 3.63) is 65.6 Å². The molecular formula is C19H17F5N6O2. The van der Waals surface area contributed by atoms with E-state index in [1.807, 2.05) is 0 Å². The molecule has 2 amide bonds. The number of carbonyl (C=O) groups excluding carboxylic acids is 1. The van der Waals surface area contributed by atoms with Crippen molar-refractivity contribution in [1.82, 2.24) is 20.1 Å². The number of amides is 2. The predicted octanol–water partition coefficient (Wildman–Crippen LogP) is 3.29. The molecule has 0 spiro atoms. The number of halogens is 5. The number of hydrogen-bond acceptors (Lipinski definition) is 5. The number of rotatable bonds is 7. The van der Waals surface area contributed by atoms with E-state index in [1.54, 1.807) is 6.07 Å². The Balaban J connectivity index is 1.72. The Morgan fingerprint density at radius 3 is 2.50 bits per heavy atom. The van der Waals surface area contributed by atoms with Crippen LogP contribution in [0.3, 0.4) is 0 Å². The normalized spacial score (nSPS) is 11.3. The second-order valence-corrected chi connectivity index (χ2v) is 6.42. The third-order valence-corrected chi connectivity index (χ3v) is 4.09. The zero-order valence-electron chi connectivity index (χ0n) is 16.2. The number of nitrogens with one attached hydrogen (secondary N) is 3. The first-order valence-electron chi connectivity index (χ1n) is 9.14. The summed E-state index contributed by atoms with van der Waals surface area (Å²) in [5.41, 5.74) is -1.20. The molecule has 0 radical (unpaired) electrons. The first-order valence-corrected chi connectivity index (χ1v) is 9.14. The van der Waals surface area contributed by atoms with Crippen LogP contribution in [-0.4, -0.2) is 39.1 Å². The average molecular weight is 456 g/mol. The second kappa shape index (κ2) is 9.60. The van der Waals surface area contributed by atoms with E-state index in [-0.39, 0.29) is 18.0 Å². The van der Waals surface area contributed by atoms with Crippen LogP contribution in [0.1, 0.15) is 11.4 Å². The van der Waals surface area contributed by atoms with E-state index in [9.17, 15) is 26.7 Å². The molecule has 170 valence electrons. The molecule has 4 N–H and O–H groups in total. The lowest BCUT2D eigenvalue weighted by molar-refractivity contribution is -0.141. The number of hydrogen-bond donors (Lipinski definition) is 4. The van der Waals surface area contributed by atoms with Gasteiger partial charge in [0.1, 0.15) is 5.82 Å². The van der Waals surface area contributed by atoms with Crippen LogP contribution < -0.4 is 16.0 Å². The Bertz CT molecular complexity index is 1080. The number of carbonyl (C=O) groups is 1. The Morgan fingerprint density at radius 1 is 1.09 bits per heavy atom. The lowest BCUT2D eigenvalue weighted by Gasteiger charge is -2.10. The van der Waals surface area contributed by atoms with Gasteiger partial charge in [-0.15, -0.1) is 0 Å². The molecule has 0 fully saturated rings. The van der Waals surface area contributed by atoms with Crippen molar-refractivity contribution < 1.29 is 31.9 Å². The van der Waals surface area contributed by atoms with Crippen molar-refractivity contribution >= 4 is 17.5 Å². The van der Waals surface area contributed by atoms with Gasteiger partial charge in [-0.05, 0) is 30.3 Å². The minimum absolute atomic E-state index is 0.0821. The lowest BCUT2D eigenvalue weighted by atomic mass is 10.3. The maximum Gasteiger partial charge on any atom is 0.435 e. The summed E-state index contributed by atoms with van der Waals surface area (Å²) in [5.74, 6) is -1.95. The number of aromatic nitrogens is 3. The first-order chi connectivity index (χ1) is 15.2. The van der Waals surface area contributed by atoms with E-state index in [0.29, 0.717) is 30.2 Å². The van der Waals surface area contributed by atoms with Crippen LogP contribution in [0, 0.1) is 11.6 Å². The molecule has 3 rings (SSSR count). The van der Waals surface area contributed by atoms with Gasteiger partial charge in [0.2, 0.25) is 0 Å². The highest BCUT2D eigenvalue weighted by Crippen LogP contribution is 2.29. The van der Waals surface area contributed by atoms with Crippen LogP contribution in [-0.2, 0) is 12.7 Å². The topological polar surface area (TPSA) is 104 Å². The summed E-state index contributed by atoms with van der Waals surface area (Å²) < 4.78 is 66.8. The van der Waals surface area contributed by atoms with Gasteiger partial charge in [0.15, 0.2) is 17.3 Å². The first kappa shape index (κ1) is 22.9. The monoisotopic (exact) mass is 456 g/mol. The van der Waals surface area contributed by atoms with Gasteiger partial charge in [0.05, 0.1) is 36.4 Å². The number of alkyl halides is 3. The Hall–Kier alpha value is -3.74. The summed E-state index contributed by atoms with van der Waals surface area (Å²) in [6, 6.07) is 5.56. The van der Waals surface area contributed by atoms with Gasteiger partial charge in [-0.3, -0.25) is 0 Å².